The molecule has 132 valence electrons. The third-order valence-corrected chi connectivity index (χ3v) is 6.11. The zero-order chi connectivity index (χ0) is 16.2. The van der Waals surface area contributed by atoms with E-state index in [0.717, 1.165) is 38.8 Å². The molecule has 3 rings (SSSR count). The zero-order valence-electron chi connectivity index (χ0n) is 14.2. The number of hydrogen-bond acceptors (Lipinski definition) is 4. The minimum absolute atomic E-state index is 0.0893. The smallest absolute Gasteiger partial charge is 0.225 e. The molecule has 1 aliphatic carbocycles. The molecule has 3 aliphatic rings. The Bertz CT molecular complexity index is 390. The van der Waals surface area contributed by atoms with Gasteiger partial charge in [0, 0.05) is 38.1 Å². The van der Waals surface area contributed by atoms with Gasteiger partial charge in [-0.15, -0.1) is 0 Å². The summed E-state index contributed by atoms with van der Waals surface area (Å²) in [5.74, 6) is 0.995. The van der Waals surface area contributed by atoms with Gasteiger partial charge < -0.3 is 20.0 Å². The van der Waals surface area contributed by atoms with Crippen molar-refractivity contribution >= 4 is 5.91 Å². The van der Waals surface area contributed by atoms with E-state index >= 15 is 0 Å². The topological polar surface area (TPSA) is 64.0 Å². The molecule has 3 fully saturated rings. The van der Waals surface area contributed by atoms with Crippen molar-refractivity contribution < 1.29 is 15.0 Å². The maximum Gasteiger partial charge on any atom is 0.225 e. The molecule has 0 spiro atoms. The van der Waals surface area contributed by atoms with Crippen molar-refractivity contribution in [2.75, 3.05) is 39.3 Å². The van der Waals surface area contributed by atoms with Crippen LogP contribution >= 0.6 is 0 Å². The number of carbonyl (C=O) groups excluding carboxylic acids is 1. The van der Waals surface area contributed by atoms with Crippen LogP contribution in [0.25, 0.3) is 0 Å². The summed E-state index contributed by atoms with van der Waals surface area (Å²) in [4.78, 5) is 17.3. The molecule has 2 heterocycles. The Labute approximate surface area is 139 Å². The van der Waals surface area contributed by atoms with Gasteiger partial charge in [-0.2, -0.15) is 0 Å². The third-order valence-electron chi connectivity index (χ3n) is 6.11. The van der Waals surface area contributed by atoms with Crippen molar-refractivity contribution in [2.24, 2.45) is 17.8 Å². The summed E-state index contributed by atoms with van der Waals surface area (Å²) in [5.41, 5.74) is 0. The molecule has 23 heavy (non-hydrogen) atoms. The summed E-state index contributed by atoms with van der Waals surface area (Å²) in [6, 6.07) is 0. The van der Waals surface area contributed by atoms with E-state index in [-0.39, 0.29) is 30.5 Å². The Morgan fingerprint density at radius 2 is 1.61 bits per heavy atom. The van der Waals surface area contributed by atoms with E-state index in [4.69, 9.17) is 0 Å². The first-order valence-electron chi connectivity index (χ1n) is 9.47. The Morgan fingerprint density at radius 1 is 0.957 bits per heavy atom. The lowest BCUT2D eigenvalue weighted by molar-refractivity contribution is -0.136. The lowest BCUT2D eigenvalue weighted by atomic mass is 9.86. The average molecular weight is 324 g/mol. The molecule has 2 atom stereocenters. The number of rotatable bonds is 4. The molecule has 2 N–H and O–H groups in total. The van der Waals surface area contributed by atoms with Gasteiger partial charge in [0.2, 0.25) is 5.91 Å². The highest BCUT2D eigenvalue weighted by Gasteiger charge is 2.38. The van der Waals surface area contributed by atoms with E-state index in [9.17, 15) is 15.0 Å². The van der Waals surface area contributed by atoms with E-state index in [1.165, 1.54) is 32.4 Å². The van der Waals surface area contributed by atoms with Gasteiger partial charge in [0.25, 0.3) is 0 Å². The summed E-state index contributed by atoms with van der Waals surface area (Å²) in [7, 11) is 0. The number of nitrogens with zero attached hydrogens (tertiary/aromatic N) is 2. The van der Waals surface area contributed by atoms with E-state index in [2.05, 4.69) is 4.90 Å². The molecular formula is C18H32N2O3. The molecule has 2 saturated heterocycles. The maximum absolute atomic E-state index is 12.8. The van der Waals surface area contributed by atoms with Gasteiger partial charge in [0.05, 0.1) is 6.10 Å². The van der Waals surface area contributed by atoms with Crippen LogP contribution in [0.3, 0.4) is 0 Å². The fraction of sp³-hybridized carbons (Fsp3) is 0.944. The lowest BCUT2D eigenvalue weighted by Gasteiger charge is -2.31. The number of aliphatic hydroxyl groups is 2. The van der Waals surface area contributed by atoms with Gasteiger partial charge in [-0.25, -0.2) is 0 Å². The van der Waals surface area contributed by atoms with Gasteiger partial charge in [0.1, 0.15) is 0 Å². The Hall–Kier alpha value is -0.650. The number of piperidine rings is 1. The normalized spacial score (nSPS) is 36.3. The molecule has 5 heteroatoms. The summed E-state index contributed by atoms with van der Waals surface area (Å²) in [5, 5.41) is 19.3. The average Bonchev–Trinajstić information content (AvgIpc) is 2.99. The van der Waals surface area contributed by atoms with Gasteiger partial charge in [-0.05, 0) is 57.5 Å². The first kappa shape index (κ1) is 17.2. The van der Waals surface area contributed by atoms with Crippen LogP contribution in [-0.4, -0.2) is 71.4 Å². The lowest BCUT2D eigenvalue weighted by Crippen LogP contribution is -2.39. The SMILES string of the molecule is O=C(C1CCC(O)CC1)N1C[C@@H](CO)[C@@H](CN2CCCCC2)C1. The molecule has 0 radical (unpaired) electrons. The second-order valence-corrected chi connectivity index (χ2v) is 7.81. The summed E-state index contributed by atoms with van der Waals surface area (Å²) >= 11 is 0. The molecular weight excluding hydrogens is 292 g/mol. The molecule has 0 aromatic carbocycles. The monoisotopic (exact) mass is 324 g/mol. The van der Waals surface area contributed by atoms with Crippen LogP contribution in [-0.2, 0) is 4.79 Å². The standard InChI is InChI=1S/C18H32N2O3/c21-13-16-12-20(18(23)14-4-6-17(22)7-5-14)11-15(16)10-19-8-2-1-3-9-19/h14-17,21-22H,1-13H2/t14?,15-,16-,17?/m0/s1. The number of aliphatic hydroxyl groups excluding tert-OH is 2. The van der Waals surface area contributed by atoms with Crippen LogP contribution in [0.1, 0.15) is 44.9 Å². The summed E-state index contributed by atoms with van der Waals surface area (Å²) in [6.07, 6.45) is 6.83. The molecule has 0 aromatic rings. The number of likely N-dealkylation sites (tertiary alicyclic amines) is 2. The fourth-order valence-corrected chi connectivity index (χ4v) is 4.59. The maximum atomic E-state index is 12.8. The predicted molar refractivity (Wildman–Crippen MR) is 88.9 cm³/mol. The van der Waals surface area contributed by atoms with E-state index in [1.54, 1.807) is 0 Å². The Kier molecular flexibility index (Phi) is 5.94. The minimum Gasteiger partial charge on any atom is -0.396 e. The first-order valence-corrected chi connectivity index (χ1v) is 9.47. The quantitative estimate of drug-likeness (QED) is 0.812. The van der Waals surface area contributed by atoms with Crippen molar-refractivity contribution in [3.63, 3.8) is 0 Å². The van der Waals surface area contributed by atoms with E-state index in [0.29, 0.717) is 12.5 Å². The second kappa shape index (κ2) is 7.95. The van der Waals surface area contributed by atoms with Crippen molar-refractivity contribution in [3.05, 3.63) is 0 Å². The van der Waals surface area contributed by atoms with Gasteiger partial charge in [-0.3, -0.25) is 4.79 Å². The van der Waals surface area contributed by atoms with Crippen molar-refractivity contribution in [1.29, 1.82) is 0 Å². The molecule has 0 bridgehead atoms. The van der Waals surface area contributed by atoms with Gasteiger partial charge in [0.15, 0.2) is 0 Å². The van der Waals surface area contributed by atoms with Crippen LogP contribution in [0.2, 0.25) is 0 Å². The van der Waals surface area contributed by atoms with Crippen molar-refractivity contribution in [3.8, 4) is 0 Å². The molecule has 0 aromatic heterocycles. The Morgan fingerprint density at radius 3 is 2.26 bits per heavy atom. The molecule has 0 unspecified atom stereocenters. The second-order valence-electron chi connectivity index (χ2n) is 7.81. The predicted octanol–water partition coefficient (Wildman–Crippen LogP) is 1.09. The van der Waals surface area contributed by atoms with Crippen LogP contribution < -0.4 is 0 Å². The highest BCUT2D eigenvalue weighted by atomic mass is 16.3. The van der Waals surface area contributed by atoms with Crippen LogP contribution in [0, 0.1) is 17.8 Å². The largest absolute Gasteiger partial charge is 0.396 e. The number of hydrogen-bond donors (Lipinski definition) is 2. The van der Waals surface area contributed by atoms with Crippen LogP contribution in [0.5, 0.6) is 0 Å². The van der Waals surface area contributed by atoms with Crippen molar-refractivity contribution in [1.82, 2.24) is 9.80 Å². The first-order chi connectivity index (χ1) is 11.2. The van der Waals surface area contributed by atoms with Crippen molar-refractivity contribution in [2.45, 2.75) is 51.0 Å². The van der Waals surface area contributed by atoms with Crippen LogP contribution in [0.15, 0.2) is 0 Å². The number of amides is 1. The molecule has 2 aliphatic heterocycles. The Balaban J connectivity index is 1.54. The third kappa shape index (κ3) is 4.25. The highest BCUT2D eigenvalue weighted by molar-refractivity contribution is 5.79. The molecule has 1 amide bonds. The van der Waals surface area contributed by atoms with Gasteiger partial charge in [-0.1, -0.05) is 6.42 Å². The number of carbonyl (C=O) groups is 1. The van der Waals surface area contributed by atoms with E-state index < -0.39 is 0 Å². The van der Waals surface area contributed by atoms with Crippen LogP contribution in [0.4, 0.5) is 0 Å². The highest BCUT2D eigenvalue weighted by Crippen LogP contribution is 2.31. The molecule has 1 saturated carbocycles. The summed E-state index contributed by atoms with van der Waals surface area (Å²) < 4.78 is 0. The fourth-order valence-electron chi connectivity index (χ4n) is 4.59. The van der Waals surface area contributed by atoms with E-state index in [1.807, 2.05) is 4.90 Å². The zero-order valence-corrected chi connectivity index (χ0v) is 14.2. The minimum atomic E-state index is -0.213. The van der Waals surface area contributed by atoms with Gasteiger partial charge >= 0.3 is 0 Å². The summed E-state index contributed by atoms with van der Waals surface area (Å²) in [6.45, 7) is 5.07. The molecule has 5 nitrogen and oxygen atoms in total.